The molecule has 1 aromatic heterocycles. The number of aryl methyl sites for hydroxylation is 1. The predicted molar refractivity (Wildman–Crippen MR) is 114 cm³/mol. The quantitative estimate of drug-likeness (QED) is 0.473. The molecule has 1 amide bonds. The summed E-state index contributed by atoms with van der Waals surface area (Å²) in [7, 11) is 0. The fourth-order valence-electron chi connectivity index (χ4n) is 5.50. The van der Waals surface area contributed by atoms with Crippen LogP contribution in [0.5, 0.6) is 0 Å². The lowest BCUT2D eigenvalue weighted by molar-refractivity contribution is -0.155. The first-order valence-corrected chi connectivity index (χ1v) is 12.5. The lowest BCUT2D eigenvalue weighted by Crippen LogP contribution is -2.71. The first kappa shape index (κ1) is 18.9. The smallest absolute Gasteiger partial charge is 0.234 e. The Bertz CT molecular complexity index is 734. The van der Waals surface area contributed by atoms with E-state index < -0.39 is 0 Å². The van der Waals surface area contributed by atoms with Crippen LogP contribution in [0.4, 0.5) is 5.13 Å². The summed E-state index contributed by atoms with van der Waals surface area (Å²) >= 11 is 13.0. The van der Waals surface area contributed by atoms with Crippen molar-refractivity contribution in [1.29, 1.82) is 0 Å². The van der Waals surface area contributed by atoms with Gasteiger partial charge in [-0.1, -0.05) is 68.6 Å². The number of fused-ring (bicyclic) bond motifs is 2. The molecule has 4 atom stereocenters. The van der Waals surface area contributed by atoms with Gasteiger partial charge in [0.1, 0.15) is 0 Å². The predicted octanol–water partition coefficient (Wildman–Crippen LogP) is 5.89. The van der Waals surface area contributed by atoms with Gasteiger partial charge in [0.15, 0.2) is 5.13 Å². The van der Waals surface area contributed by atoms with Crippen molar-refractivity contribution in [2.75, 3.05) is 5.32 Å². The first-order valence-electron chi connectivity index (χ1n) is 8.89. The number of carbonyl (C=O) groups excluding carboxylic acids is 1. The molecule has 3 fully saturated rings. The zero-order valence-electron chi connectivity index (χ0n) is 14.7. The molecule has 0 aliphatic heterocycles. The lowest BCUT2D eigenvalue weighted by atomic mass is 9.43. The van der Waals surface area contributed by atoms with Crippen LogP contribution in [-0.2, 0) is 17.6 Å². The molecule has 0 spiro atoms. The van der Waals surface area contributed by atoms with E-state index in [4.69, 9.17) is 4.98 Å². The van der Waals surface area contributed by atoms with Gasteiger partial charge in [-0.25, -0.2) is 4.98 Å². The third-order valence-electron chi connectivity index (χ3n) is 7.30. The van der Waals surface area contributed by atoms with Crippen LogP contribution in [0.25, 0.3) is 0 Å². The number of hydrogen-bond acceptors (Lipinski definition) is 3. The maximum absolute atomic E-state index is 13.3. The highest BCUT2D eigenvalue weighted by Gasteiger charge is 2.83. The van der Waals surface area contributed by atoms with Crippen molar-refractivity contribution in [3.63, 3.8) is 0 Å². The van der Waals surface area contributed by atoms with Crippen LogP contribution in [0.15, 0.2) is 0 Å². The van der Waals surface area contributed by atoms with Gasteiger partial charge in [0.05, 0.1) is 14.8 Å². The second-order valence-electron chi connectivity index (χ2n) is 8.49. The highest BCUT2D eigenvalue weighted by Crippen LogP contribution is 2.82. The van der Waals surface area contributed by atoms with Gasteiger partial charge in [-0.3, -0.25) is 4.79 Å². The van der Waals surface area contributed by atoms with E-state index in [1.807, 2.05) is 0 Å². The molecule has 5 rings (SSSR count). The minimum atomic E-state index is -0.369. The fourth-order valence-corrected chi connectivity index (χ4v) is 11.6. The van der Waals surface area contributed by atoms with Crippen molar-refractivity contribution in [2.45, 2.75) is 61.4 Å². The third-order valence-corrected chi connectivity index (χ3v) is 11.6. The van der Waals surface area contributed by atoms with Crippen molar-refractivity contribution in [3.8, 4) is 0 Å². The van der Waals surface area contributed by atoms with Gasteiger partial charge in [-0.05, 0) is 43.4 Å². The number of rotatable bonds is 3. The van der Waals surface area contributed by atoms with Crippen LogP contribution in [0.3, 0.4) is 0 Å². The molecule has 7 heteroatoms. The Balaban J connectivity index is 1.59. The Morgan fingerprint density at radius 2 is 2.08 bits per heavy atom. The maximum Gasteiger partial charge on any atom is 0.234 e. The molecule has 2 bridgehead atoms. The van der Waals surface area contributed by atoms with E-state index >= 15 is 0 Å². The number of nitrogens with zero attached hydrogens (tertiary/aromatic N) is 1. The number of alkyl halides is 3. The lowest BCUT2D eigenvalue weighted by Gasteiger charge is -2.66. The normalized spacial score (nSPS) is 38.4. The number of anilines is 1. The summed E-state index contributed by atoms with van der Waals surface area (Å²) in [6.07, 6.45) is 5.29. The number of halogens is 3. The Hall–Kier alpha value is 0.540. The maximum atomic E-state index is 13.3. The van der Waals surface area contributed by atoms with Crippen molar-refractivity contribution in [1.82, 2.24) is 4.98 Å². The monoisotopic (exact) mass is 552 g/mol. The zero-order valence-corrected chi connectivity index (χ0v) is 20.2. The van der Waals surface area contributed by atoms with E-state index in [-0.39, 0.29) is 30.7 Å². The van der Waals surface area contributed by atoms with Gasteiger partial charge in [0, 0.05) is 15.1 Å². The third kappa shape index (κ3) is 2.24. The van der Waals surface area contributed by atoms with Gasteiger partial charge in [0.25, 0.3) is 0 Å². The van der Waals surface area contributed by atoms with Gasteiger partial charge >= 0.3 is 0 Å². The SMILES string of the molecule is CC1CCc2nc(NC(=O)C34CCC(C(Br)Br)(C3Br)C4(C)C)sc2C1. The Labute approximate surface area is 178 Å². The molecule has 0 radical (unpaired) electrons. The molecular weight excluding hydrogens is 532 g/mol. The van der Waals surface area contributed by atoms with Crippen molar-refractivity contribution in [3.05, 3.63) is 10.6 Å². The highest BCUT2D eigenvalue weighted by molar-refractivity contribution is 9.24. The van der Waals surface area contributed by atoms with E-state index in [0.29, 0.717) is 0 Å². The van der Waals surface area contributed by atoms with E-state index in [2.05, 4.69) is 73.9 Å². The van der Waals surface area contributed by atoms with Gasteiger partial charge < -0.3 is 5.32 Å². The molecule has 1 N–H and O–H groups in total. The molecule has 3 saturated carbocycles. The van der Waals surface area contributed by atoms with E-state index in [9.17, 15) is 4.79 Å². The number of carbonyl (C=O) groups is 1. The van der Waals surface area contributed by atoms with Crippen molar-refractivity contribution >= 4 is 70.2 Å². The van der Waals surface area contributed by atoms with Crippen molar-refractivity contribution < 1.29 is 4.79 Å². The average molecular weight is 555 g/mol. The summed E-state index contributed by atoms with van der Waals surface area (Å²) in [6, 6.07) is 0. The summed E-state index contributed by atoms with van der Waals surface area (Å²) in [6.45, 7) is 6.77. The summed E-state index contributed by atoms with van der Waals surface area (Å²) in [5.74, 6) is 0.852. The molecule has 4 unspecified atom stereocenters. The Morgan fingerprint density at radius 1 is 1.36 bits per heavy atom. The molecule has 1 aromatic rings. The number of thiazole rings is 1. The van der Waals surface area contributed by atoms with Crippen LogP contribution >= 0.6 is 59.1 Å². The van der Waals surface area contributed by atoms with Crippen LogP contribution in [0, 0.1) is 22.2 Å². The number of nitrogens with one attached hydrogen (secondary N) is 1. The van der Waals surface area contributed by atoms with Crippen LogP contribution in [0.1, 0.15) is 50.6 Å². The molecule has 0 aromatic carbocycles. The molecule has 1 heterocycles. The molecule has 25 heavy (non-hydrogen) atoms. The zero-order chi connectivity index (χ0) is 18.2. The van der Waals surface area contributed by atoms with E-state index in [0.717, 1.165) is 36.7 Å². The van der Waals surface area contributed by atoms with Crippen molar-refractivity contribution in [2.24, 2.45) is 22.2 Å². The number of aromatic nitrogens is 1. The Morgan fingerprint density at radius 3 is 2.68 bits per heavy atom. The van der Waals surface area contributed by atoms with Gasteiger partial charge in [-0.15, -0.1) is 11.3 Å². The summed E-state index contributed by atoms with van der Waals surface area (Å²) in [5, 5.41) is 3.97. The second-order valence-corrected chi connectivity index (χ2v) is 13.6. The molecule has 138 valence electrons. The van der Waals surface area contributed by atoms with E-state index in [1.165, 1.54) is 17.0 Å². The summed E-state index contributed by atoms with van der Waals surface area (Å²) in [5.41, 5.74) is 0.802. The average Bonchev–Trinajstić information content (AvgIpc) is 3.14. The second kappa shape index (κ2) is 6.02. The van der Waals surface area contributed by atoms with Gasteiger partial charge in [-0.2, -0.15) is 0 Å². The minimum Gasteiger partial charge on any atom is -0.301 e. The van der Waals surface area contributed by atoms with Crippen LogP contribution in [0.2, 0.25) is 0 Å². The van der Waals surface area contributed by atoms with Gasteiger partial charge in [0.2, 0.25) is 5.91 Å². The number of amides is 1. The molecule has 0 saturated heterocycles. The molecule has 4 aliphatic rings. The summed E-state index contributed by atoms with van der Waals surface area (Å²) in [4.78, 5) is 19.6. The standard InChI is InChI=1S/C18H23Br3N2OS/c1-9-4-5-10-11(8-9)25-15(22-10)23-14(24)18-7-6-17(12(18)19,13(20)21)16(18,2)3/h9,12-13H,4-8H2,1-3H3,(H,22,23,24). The first-order chi connectivity index (χ1) is 11.7. The molecule has 3 nitrogen and oxygen atoms in total. The minimum absolute atomic E-state index is 0.0574. The fraction of sp³-hybridized carbons (Fsp3) is 0.778. The largest absolute Gasteiger partial charge is 0.301 e. The van der Waals surface area contributed by atoms with Crippen LogP contribution in [-0.4, -0.2) is 19.5 Å². The highest BCUT2D eigenvalue weighted by atomic mass is 79.9. The topological polar surface area (TPSA) is 42.0 Å². The van der Waals surface area contributed by atoms with Crippen LogP contribution < -0.4 is 5.32 Å². The van der Waals surface area contributed by atoms with E-state index in [1.54, 1.807) is 11.3 Å². The molecular formula is C18H23Br3N2OS. The Kier molecular flexibility index (Phi) is 4.54. The molecule has 4 aliphatic carbocycles. The number of hydrogen-bond donors (Lipinski definition) is 1. The summed E-state index contributed by atoms with van der Waals surface area (Å²) < 4.78 is 0.198.